The molecule has 3 fully saturated rings. The van der Waals surface area contributed by atoms with Gasteiger partial charge in [-0.25, -0.2) is 0 Å². The molecule has 3 aliphatic rings. The first-order valence-electron chi connectivity index (χ1n) is 9.66. The predicted molar refractivity (Wildman–Crippen MR) is 93.7 cm³/mol. The van der Waals surface area contributed by atoms with Gasteiger partial charge in [0.15, 0.2) is 5.69 Å². The van der Waals surface area contributed by atoms with Gasteiger partial charge in [-0.1, -0.05) is 19.0 Å². The van der Waals surface area contributed by atoms with Gasteiger partial charge in [0.25, 0.3) is 5.91 Å². The highest BCUT2D eigenvalue weighted by molar-refractivity contribution is 5.92. The van der Waals surface area contributed by atoms with Crippen LogP contribution in [0.2, 0.25) is 0 Å². The van der Waals surface area contributed by atoms with E-state index in [0.717, 1.165) is 37.9 Å². The first kappa shape index (κ1) is 17.5. The molecule has 1 unspecified atom stereocenters. The average Bonchev–Trinajstić information content (AvgIpc) is 3.23. The van der Waals surface area contributed by atoms with E-state index in [2.05, 4.69) is 10.5 Å². The molecule has 0 bridgehead atoms. The molecule has 2 aliphatic heterocycles. The van der Waals surface area contributed by atoms with Gasteiger partial charge in [0, 0.05) is 31.0 Å². The van der Waals surface area contributed by atoms with Crippen LogP contribution >= 0.6 is 0 Å². The molecular formula is C19H27N3O4. The van der Waals surface area contributed by atoms with Crippen LogP contribution in [0.15, 0.2) is 10.6 Å². The van der Waals surface area contributed by atoms with E-state index in [0.29, 0.717) is 31.3 Å². The van der Waals surface area contributed by atoms with E-state index >= 15 is 0 Å². The third kappa shape index (κ3) is 3.49. The summed E-state index contributed by atoms with van der Waals surface area (Å²) in [7, 11) is 0. The van der Waals surface area contributed by atoms with Crippen LogP contribution in [0, 0.1) is 5.92 Å². The molecule has 4 rings (SSSR count). The smallest absolute Gasteiger partial charge is 0.276 e. The predicted octanol–water partition coefficient (Wildman–Crippen LogP) is 2.09. The molecule has 2 saturated heterocycles. The van der Waals surface area contributed by atoms with E-state index in [-0.39, 0.29) is 29.4 Å². The maximum atomic E-state index is 12.6. The Kier molecular flexibility index (Phi) is 4.50. The van der Waals surface area contributed by atoms with Crippen molar-refractivity contribution in [2.45, 2.75) is 63.5 Å². The van der Waals surface area contributed by atoms with E-state index in [4.69, 9.17) is 9.26 Å². The molecule has 1 N–H and O–H groups in total. The number of ether oxygens (including phenoxy) is 1. The SMILES string of the molecule is CC(C)C(=O)NC1COC2(CCN(C(=O)c3cc(C4CC4)on3)CC2)C1. The fourth-order valence-corrected chi connectivity index (χ4v) is 3.88. The van der Waals surface area contributed by atoms with Crippen LogP contribution in [0.5, 0.6) is 0 Å². The molecule has 2 amide bonds. The molecule has 26 heavy (non-hydrogen) atoms. The number of carbonyl (C=O) groups excluding carboxylic acids is 2. The molecule has 1 aliphatic carbocycles. The molecule has 7 heteroatoms. The van der Waals surface area contributed by atoms with Crippen molar-refractivity contribution in [2.24, 2.45) is 5.92 Å². The number of nitrogens with one attached hydrogen (secondary N) is 1. The Bertz CT molecular complexity index is 687. The lowest BCUT2D eigenvalue weighted by atomic mass is 9.87. The minimum atomic E-state index is -0.214. The normalized spacial score (nSPS) is 25.0. The number of rotatable bonds is 4. The van der Waals surface area contributed by atoms with Gasteiger partial charge in [0.05, 0.1) is 18.2 Å². The molecule has 1 aromatic rings. The molecule has 0 aromatic carbocycles. The molecule has 1 spiro atoms. The zero-order valence-electron chi connectivity index (χ0n) is 15.5. The van der Waals surface area contributed by atoms with Gasteiger partial charge in [-0.2, -0.15) is 0 Å². The Morgan fingerprint density at radius 1 is 1.31 bits per heavy atom. The summed E-state index contributed by atoms with van der Waals surface area (Å²) in [5.74, 6) is 1.29. The van der Waals surface area contributed by atoms with E-state index in [9.17, 15) is 9.59 Å². The number of piperidine rings is 1. The van der Waals surface area contributed by atoms with E-state index in [1.54, 1.807) is 6.07 Å². The maximum Gasteiger partial charge on any atom is 0.276 e. The van der Waals surface area contributed by atoms with Gasteiger partial charge in [0.2, 0.25) is 5.91 Å². The van der Waals surface area contributed by atoms with Crippen molar-refractivity contribution in [1.82, 2.24) is 15.4 Å². The Balaban J connectivity index is 1.31. The third-order valence-corrected chi connectivity index (χ3v) is 5.77. The second kappa shape index (κ2) is 6.68. The fraction of sp³-hybridized carbons (Fsp3) is 0.737. The van der Waals surface area contributed by atoms with Crippen LogP contribution < -0.4 is 5.32 Å². The summed E-state index contributed by atoms with van der Waals surface area (Å²) < 4.78 is 11.4. The number of hydrogen-bond donors (Lipinski definition) is 1. The lowest BCUT2D eigenvalue weighted by Crippen LogP contribution is -2.47. The van der Waals surface area contributed by atoms with Crippen molar-refractivity contribution in [1.29, 1.82) is 0 Å². The zero-order valence-corrected chi connectivity index (χ0v) is 15.5. The summed E-state index contributed by atoms with van der Waals surface area (Å²) in [6.45, 7) is 5.64. The van der Waals surface area contributed by atoms with Crippen LogP contribution in [0.4, 0.5) is 0 Å². The first-order chi connectivity index (χ1) is 12.5. The molecule has 1 atom stereocenters. The molecule has 1 saturated carbocycles. The lowest BCUT2D eigenvalue weighted by Gasteiger charge is -2.38. The monoisotopic (exact) mass is 361 g/mol. The topological polar surface area (TPSA) is 84.7 Å². The molecule has 3 heterocycles. The van der Waals surface area contributed by atoms with Gasteiger partial charge in [-0.3, -0.25) is 9.59 Å². The molecular weight excluding hydrogens is 334 g/mol. The first-order valence-corrected chi connectivity index (χ1v) is 9.66. The number of aromatic nitrogens is 1. The van der Waals surface area contributed by atoms with Crippen molar-refractivity contribution in [3.63, 3.8) is 0 Å². The summed E-state index contributed by atoms with van der Waals surface area (Å²) in [4.78, 5) is 26.4. The Morgan fingerprint density at radius 2 is 2.04 bits per heavy atom. The molecule has 0 radical (unpaired) electrons. The van der Waals surface area contributed by atoms with Crippen molar-refractivity contribution in [3.05, 3.63) is 17.5 Å². The second-order valence-electron chi connectivity index (χ2n) is 8.24. The van der Waals surface area contributed by atoms with E-state index in [1.807, 2.05) is 18.7 Å². The van der Waals surface area contributed by atoms with Crippen LogP contribution in [0.1, 0.15) is 68.1 Å². The van der Waals surface area contributed by atoms with Crippen molar-refractivity contribution in [2.75, 3.05) is 19.7 Å². The number of carbonyl (C=O) groups is 2. The minimum Gasteiger partial charge on any atom is -0.373 e. The average molecular weight is 361 g/mol. The number of likely N-dealkylation sites (tertiary alicyclic amines) is 1. The standard InChI is InChI=1S/C19H27N3O4/c1-12(2)17(23)20-14-10-19(25-11-14)5-7-22(8-6-19)18(24)15-9-16(26-21-15)13-3-4-13/h9,12-14H,3-8,10-11H2,1-2H3,(H,20,23). The van der Waals surface area contributed by atoms with Crippen LogP contribution in [-0.4, -0.2) is 53.2 Å². The van der Waals surface area contributed by atoms with Crippen molar-refractivity contribution >= 4 is 11.8 Å². The van der Waals surface area contributed by atoms with Gasteiger partial charge in [-0.15, -0.1) is 0 Å². The summed E-state index contributed by atoms with van der Waals surface area (Å²) in [5, 5.41) is 7.02. The lowest BCUT2D eigenvalue weighted by molar-refractivity contribution is -0.124. The number of hydrogen-bond acceptors (Lipinski definition) is 5. The largest absolute Gasteiger partial charge is 0.373 e. The minimum absolute atomic E-state index is 0.0194. The second-order valence-corrected chi connectivity index (χ2v) is 8.24. The summed E-state index contributed by atoms with van der Waals surface area (Å²) in [6, 6.07) is 1.87. The quantitative estimate of drug-likeness (QED) is 0.888. The maximum absolute atomic E-state index is 12.6. The fourth-order valence-electron chi connectivity index (χ4n) is 3.88. The molecule has 142 valence electrons. The van der Waals surface area contributed by atoms with Crippen molar-refractivity contribution < 1.29 is 18.8 Å². The van der Waals surface area contributed by atoms with Crippen LogP contribution in [-0.2, 0) is 9.53 Å². The molecule has 7 nitrogen and oxygen atoms in total. The van der Waals surface area contributed by atoms with Gasteiger partial charge in [0.1, 0.15) is 5.76 Å². The van der Waals surface area contributed by atoms with E-state index in [1.165, 1.54) is 0 Å². The number of amides is 2. The Hall–Kier alpha value is -1.89. The highest BCUT2D eigenvalue weighted by Gasteiger charge is 2.44. The summed E-state index contributed by atoms with van der Waals surface area (Å²) in [6.07, 6.45) is 4.66. The zero-order chi connectivity index (χ0) is 18.3. The van der Waals surface area contributed by atoms with Gasteiger partial charge in [-0.05, 0) is 32.1 Å². The highest BCUT2D eigenvalue weighted by atomic mass is 16.5. The van der Waals surface area contributed by atoms with Crippen LogP contribution in [0.3, 0.4) is 0 Å². The highest BCUT2D eigenvalue weighted by Crippen LogP contribution is 2.40. The third-order valence-electron chi connectivity index (χ3n) is 5.77. The van der Waals surface area contributed by atoms with Gasteiger partial charge < -0.3 is 19.5 Å². The summed E-state index contributed by atoms with van der Waals surface area (Å²) >= 11 is 0. The Morgan fingerprint density at radius 3 is 2.69 bits per heavy atom. The van der Waals surface area contributed by atoms with Gasteiger partial charge >= 0.3 is 0 Å². The number of nitrogens with zero attached hydrogens (tertiary/aromatic N) is 2. The van der Waals surface area contributed by atoms with E-state index < -0.39 is 0 Å². The Labute approximate surface area is 153 Å². The molecule has 1 aromatic heterocycles. The van der Waals surface area contributed by atoms with Crippen LogP contribution in [0.25, 0.3) is 0 Å². The summed E-state index contributed by atoms with van der Waals surface area (Å²) in [5.41, 5.74) is 0.201. The van der Waals surface area contributed by atoms with Crippen molar-refractivity contribution in [3.8, 4) is 0 Å².